The van der Waals surface area contributed by atoms with Crippen LogP contribution in [0.2, 0.25) is 0 Å². The molecule has 1 N–H and O–H groups in total. The van der Waals surface area contributed by atoms with Crippen LogP contribution in [0.4, 0.5) is 5.69 Å². The zero-order chi connectivity index (χ0) is 23.1. The maximum atomic E-state index is 13.8. The van der Waals surface area contributed by atoms with Gasteiger partial charge < -0.3 is 14.8 Å². The first-order valence-corrected chi connectivity index (χ1v) is 11.3. The molecule has 1 aliphatic rings. The Morgan fingerprint density at radius 3 is 2.24 bits per heavy atom. The average molecular weight is 438 g/mol. The highest BCUT2D eigenvalue weighted by molar-refractivity contribution is 6.29. The summed E-state index contributed by atoms with van der Waals surface area (Å²) in [6, 6.07) is 21.3. The third-order valence-corrected chi connectivity index (χ3v) is 6.39. The number of carbonyl (C=O) groups excluding carboxylic acids is 1. The van der Waals surface area contributed by atoms with Gasteiger partial charge in [0, 0.05) is 35.8 Å². The maximum Gasteiger partial charge on any atom is 0.259 e. The number of aryl methyl sites for hydroxylation is 1. The summed E-state index contributed by atoms with van der Waals surface area (Å²) in [6.45, 7) is 1.73. The minimum absolute atomic E-state index is 0.00327. The maximum absolute atomic E-state index is 13.8. The lowest BCUT2D eigenvalue weighted by molar-refractivity contribution is 0.104. The Kier molecular flexibility index (Phi) is 5.35. The van der Waals surface area contributed by atoms with E-state index in [-0.39, 0.29) is 11.3 Å². The molecular weight excluding hydrogens is 410 g/mol. The normalized spacial score (nSPS) is 12.3. The topological polar surface area (TPSA) is 54.3 Å². The largest absolute Gasteiger partial charge is 0.384 e. The fourth-order valence-corrected chi connectivity index (χ4v) is 4.81. The number of aromatic nitrogens is 1. The van der Waals surface area contributed by atoms with Crippen molar-refractivity contribution in [3.63, 3.8) is 0 Å². The van der Waals surface area contributed by atoms with Crippen LogP contribution in [0.5, 0.6) is 0 Å². The number of rotatable bonds is 6. The van der Waals surface area contributed by atoms with Gasteiger partial charge in [-0.1, -0.05) is 54.6 Å². The molecule has 5 rings (SSSR count). The summed E-state index contributed by atoms with van der Waals surface area (Å²) in [5.41, 5.74) is 5.98. The van der Waals surface area contributed by atoms with Gasteiger partial charge >= 0.3 is 0 Å². The summed E-state index contributed by atoms with van der Waals surface area (Å²) < 4.78 is 1.67. The molecule has 0 spiro atoms. The van der Waals surface area contributed by atoms with Gasteiger partial charge in [-0.05, 0) is 50.3 Å². The first-order valence-electron chi connectivity index (χ1n) is 11.3. The van der Waals surface area contributed by atoms with Crippen LogP contribution in [0.15, 0.2) is 71.5 Å². The van der Waals surface area contributed by atoms with Crippen LogP contribution >= 0.6 is 0 Å². The second-order valence-corrected chi connectivity index (χ2v) is 8.82. The van der Waals surface area contributed by atoms with E-state index in [4.69, 9.17) is 0 Å². The van der Waals surface area contributed by atoms with Gasteiger partial charge in [-0.2, -0.15) is 0 Å². The number of carbonyl (C=O) groups is 1. The molecule has 33 heavy (non-hydrogen) atoms. The standard InChI is InChI=1S/C28H27N3O2/c1-30(2)17-9-16-29-21-14-15-22-26-24(19-12-7-8-13-20(19)27(32)25(21)26)23(28(33)31(22)3)18-10-5-4-6-11-18/h4-8,10-15,29H,9,16-17H2,1-3H3. The van der Waals surface area contributed by atoms with E-state index < -0.39 is 0 Å². The number of anilines is 1. The van der Waals surface area contributed by atoms with E-state index in [2.05, 4.69) is 24.3 Å². The van der Waals surface area contributed by atoms with E-state index in [1.807, 2.05) is 66.7 Å². The number of hydrogen-bond acceptors (Lipinski definition) is 4. The minimum Gasteiger partial charge on any atom is -0.384 e. The highest BCUT2D eigenvalue weighted by Crippen LogP contribution is 2.45. The minimum atomic E-state index is -0.0644. The van der Waals surface area contributed by atoms with Crippen molar-refractivity contribution in [2.75, 3.05) is 32.5 Å². The Morgan fingerprint density at radius 1 is 0.818 bits per heavy atom. The molecule has 5 heteroatoms. The fourth-order valence-electron chi connectivity index (χ4n) is 4.81. The van der Waals surface area contributed by atoms with Crippen molar-refractivity contribution in [2.24, 2.45) is 7.05 Å². The number of fused-ring (bicyclic) bond motifs is 2. The van der Waals surface area contributed by atoms with Gasteiger partial charge in [0.15, 0.2) is 5.78 Å². The third kappa shape index (κ3) is 3.45. The van der Waals surface area contributed by atoms with Crippen molar-refractivity contribution in [2.45, 2.75) is 6.42 Å². The summed E-state index contributed by atoms with van der Waals surface area (Å²) in [7, 11) is 5.89. The number of ketones is 1. The van der Waals surface area contributed by atoms with Gasteiger partial charge in [0.1, 0.15) is 0 Å². The molecule has 3 aromatic carbocycles. The molecule has 0 bridgehead atoms. The van der Waals surface area contributed by atoms with Crippen molar-refractivity contribution in [3.8, 4) is 22.3 Å². The Bertz CT molecular complexity index is 1440. The Labute approximate surface area is 193 Å². The van der Waals surface area contributed by atoms with Crippen LogP contribution < -0.4 is 10.9 Å². The van der Waals surface area contributed by atoms with E-state index in [1.165, 1.54) is 0 Å². The van der Waals surface area contributed by atoms with Crippen molar-refractivity contribution in [3.05, 3.63) is 88.2 Å². The molecule has 1 aromatic heterocycles. The molecule has 1 aliphatic carbocycles. The summed E-state index contributed by atoms with van der Waals surface area (Å²) in [6.07, 6.45) is 0.963. The fraction of sp³-hybridized carbons (Fsp3) is 0.214. The molecule has 0 saturated heterocycles. The first kappa shape index (κ1) is 21.2. The molecule has 0 amide bonds. The smallest absolute Gasteiger partial charge is 0.259 e. The van der Waals surface area contributed by atoms with E-state index in [9.17, 15) is 9.59 Å². The lowest BCUT2D eigenvalue weighted by Crippen LogP contribution is -2.24. The Hall–Kier alpha value is -3.70. The van der Waals surface area contributed by atoms with E-state index in [0.29, 0.717) is 16.7 Å². The second kappa shape index (κ2) is 8.34. The average Bonchev–Trinajstić information content (AvgIpc) is 2.83. The van der Waals surface area contributed by atoms with Gasteiger partial charge in [-0.3, -0.25) is 9.59 Å². The van der Waals surface area contributed by atoms with Crippen molar-refractivity contribution in [1.82, 2.24) is 9.47 Å². The molecule has 0 aliphatic heterocycles. The zero-order valence-electron chi connectivity index (χ0n) is 19.2. The number of pyridine rings is 1. The number of benzene rings is 3. The van der Waals surface area contributed by atoms with Crippen molar-refractivity contribution in [1.29, 1.82) is 0 Å². The molecule has 0 saturated carbocycles. The van der Waals surface area contributed by atoms with E-state index >= 15 is 0 Å². The van der Waals surface area contributed by atoms with Gasteiger partial charge in [0.25, 0.3) is 5.56 Å². The van der Waals surface area contributed by atoms with Gasteiger partial charge in [0.2, 0.25) is 0 Å². The summed E-state index contributed by atoms with van der Waals surface area (Å²) in [5, 5.41) is 4.34. The second-order valence-electron chi connectivity index (χ2n) is 8.82. The highest BCUT2D eigenvalue weighted by atomic mass is 16.1. The molecule has 0 fully saturated rings. The van der Waals surface area contributed by atoms with Gasteiger partial charge in [-0.25, -0.2) is 0 Å². The van der Waals surface area contributed by atoms with Crippen LogP contribution in [0.25, 0.3) is 33.2 Å². The predicted molar refractivity (Wildman–Crippen MR) is 135 cm³/mol. The third-order valence-electron chi connectivity index (χ3n) is 6.39. The number of nitrogens with one attached hydrogen (secondary N) is 1. The van der Waals surface area contributed by atoms with Crippen LogP contribution in [0, 0.1) is 0 Å². The summed E-state index contributed by atoms with van der Waals surface area (Å²) >= 11 is 0. The lowest BCUT2D eigenvalue weighted by Gasteiger charge is -2.26. The first-order chi connectivity index (χ1) is 16.0. The molecule has 0 atom stereocenters. The monoisotopic (exact) mass is 437 g/mol. The van der Waals surface area contributed by atoms with Crippen molar-refractivity contribution >= 4 is 22.4 Å². The zero-order valence-corrected chi connectivity index (χ0v) is 19.2. The number of nitrogens with zero attached hydrogens (tertiary/aromatic N) is 2. The number of hydrogen-bond donors (Lipinski definition) is 1. The quantitative estimate of drug-likeness (QED) is 0.389. The highest BCUT2D eigenvalue weighted by Gasteiger charge is 2.31. The van der Waals surface area contributed by atoms with Crippen LogP contribution in [0.3, 0.4) is 0 Å². The summed E-state index contributed by atoms with van der Waals surface area (Å²) in [4.78, 5) is 29.5. The van der Waals surface area contributed by atoms with E-state index in [0.717, 1.165) is 52.8 Å². The van der Waals surface area contributed by atoms with Crippen LogP contribution in [-0.2, 0) is 7.05 Å². The van der Waals surface area contributed by atoms with E-state index in [1.54, 1.807) is 11.6 Å². The molecule has 1 heterocycles. The lowest BCUT2D eigenvalue weighted by atomic mass is 9.80. The molecule has 5 nitrogen and oxygen atoms in total. The van der Waals surface area contributed by atoms with Gasteiger partial charge in [-0.15, -0.1) is 0 Å². The predicted octanol–water partition coefficient (Wildman–Crippen LogP) is 4.78. The molecule has 166 valence electrons. The van der Waals surface area contributed by atoms with Gasteiger partial charge in [0.05, 0.1) is 16.6 Å². The van der Waals surface area contributed by atoms with Crippen LogP contribution in [-0.4, -0.2) is 42.4 Å². The molecule has 0 unspecified atom stereocenters. The van der Waals surface area contributed by atoms with Crippen LogP contribution in [0.1, 0.15) is 22.3 Å². The Balaban J connectivity index is 1.83. The van der Waals surface area contributed by atoms with Crippen molar-refractivity contribution < 1.29 is 4.79 Å². The summed E-state index contributed by atoms with van der Waals surface area (Å²) in [5.74, 6) is -0.00327. The molecule has 4 aromatic rings. The Morgan fingerprint density at radius 2 is 1.52 bits per heavy atom. The molecular formula is C28H27N3O2. The SMILES string of the molecule is CN(C)CCCNc1ccc2c3c1C(=O)c1ccccc1-c3c(-c1ccccc1)c(=O)n2C. The molecule has 0 radical (unpaired) electrons.